The molecule has 1 unspecified atom stereocenters. The summed E-state index contributed by atoms with van der Waals surface area (Å²) in [7, 11) is 0. The van der Waals surface area contributed by atoms with Crippen LogP contribution in [0, 0.1) is 0 Å². The molecule has 10 heteroatoms. The number of hydrogen-bond acceptors (Lipinski definition) is 8. The first-order valence-electron chi connectivity index (χ1n) is 10.5. The number of likely N-dealkylation sites (tertiary alicyclic amines) is 1. The predicted octanol–water partition coefficient (Wildman–Crippen LogP) is 4.13. The maximum Gasteiger partial charge on any atom is 0.233 e. The van der Waals surface area contributed by atoms with Gasteiger partial charge in [-0.1, -0.05) is 36.0 Å². The van der Waals surface area contributed by atoms with Crippen molar-refractivity contribution in [1.82, 2.24) is 30.1 Å². The molecular weight excluding hydrogens is 444 g/mol. The molecule has 0 N–H and O–H groups in total. The summed E-state index contributed by atoms with van der Waals surface area (Å²) < 4.78 is 8.48. The SMILES string of the molecule is CCOc1ccccc1-n1nnnc1SCC(=O)N1CCCC1c1nc2ccccc2s1. The first-order valence-corrected chi connectivity index (χ1v) is 12.3. The standard InChI is InChI=1S/C22H22N6O2S2/c1-2-30-18-11-5-4-9-16(18)28-22(24-25-26-28)31-14-20(29)27-13-7-10-17(27)21-23-15-8-3-6-12-19(15)32-21/h3-6,8-9,11-12,17H,2,7,10,13-14H2,1H3. The Morgan fingerprint density at radius 1 is 1.22 bits per heavy atom. The number of benzene rings is 2. The van der Waals surface area contributed by atoms with E-state index in [1.54, 1.807) is 16.0 Å². The summed E-state index contributed by atoms with van der Waals surface area (Å²) in [6.07, 6.45) is 1.92. The van der Waals surface area contributed by atoms with Crippen LogP contribution >= 0.6 is 23.1 Å². The summed E-state index contributed by atoms with van der Waals surface area (Å²) in [5.74, 6) is 1.04. The number of fused-ring (bicyclic) bond motifs is 1. The Morgan fingerprint density at radius 2 is 2.06 bits per heavy atom. The first-order chi connectivity index (χ1) is 15.7. The average Bonchev–Trinajstić information content (AvgIpc) is 3.57. The molecule has 32 heavy (non-hydrogen) atoms. The number of thioether (sulfide) groups is 1. The normalized spacial score (nSPS) is 16.0. The van der Waals surface area contributed by atoms with E-state index < -0.39 is 0 Å². The van der Waals surface area contributed by atoms with Crippen LogP contribution in [-0.4, -0.2) is 54.9 Å². The first kappa shape index (κ1) is 20.9. The minimum atomic E-state index is 0.0372. The molecule has 0 spiro atoms. The van der Waals surface area contributed by atoms with Gasteiger partial charge in [0.25, 0.3) is 0 Å². The average molecular weight is 467 g/mol. The van der Waals surface area contributed by atoms with Gasteiger partial charge in [0, 0.05) is 6.54 Å². The number of ether oxygens (including phenoxy) is 1. The molecule has 1 aliphatic rings. The van der Waals surface area contributed by atoms with E-state index in [0.29, 0.717) is 17.5 Å². The van der Waals surface area contributed by atoms with Crippen LogP contribution in [-0.2, 0) is 4.79 Å². The topological polar surface area (TPSA) is 86.0 Å². The fourth-order valence-corrected chi connectivity index (χ4v) is 5.78. The molecule has 0 saturated carbocycles. The lowest BCUT2D eigenvalue weighted by Crippen LogP contribution is -2.32. The highest BCUT2D eigenvalue weighted by Crippen LogP contribution is 2.37. The number of carbonyl (C=O) groups excluding carboxylic acids is 1. The van der Waals surface area contributed by atoms with E-state index in [9.17, 15) is 4.79 Å². The number of aromatic nitrogens is 5. The van der Waals surface area contributed by atoms with Crippen molar-refractivity contribution in [3.63, 3.8) is 0 Å². The zero-order valence-corrected chi connectivity index (χ0v) is 19.2. The fourth-order valence-electron chi connectivity index (χ4n) is 3.89. The Labute approximate surface area is 193 Å². The molecule has 1 amide bonds. The molecule has 4 aromatic rings. The molecule has 2 aromatic heterocycles. The molecule has 164 valence electrons. The molecule has 0 aliphatic carbocycles. The lowest BCUT2D eigenvalue weighted by atomic mass is 10.2. The number of thiazole rings is 1. The maximum absolute atomic E-state index is 13.1. The molecule has 5 rings (SSSR count). The van der Waals surface area contributed by atoms with Crippen molar-refractivity contribution in [3.8, 4) is 11.4 Å². The second-order valence-corrected chi connectivity index (χ2v) is 9.33. The molecular formula is C22H22N6O2S2. The largest absolute Gasteiger partial charge is 0.492 e. The van der Waals surface area contributed by atoms with E-state index in [1.165, 1.54) is 11.8 Å². The van der Waals surface area contributed by atoms with Crippen molar-refractivity contribution in [2.75, 3.05) is 18.9 Å². The molecule has 3 heterocycles. The number of hydrogen-bond donors (Lipinski definition) is 0. The van der Waals surface area contributed by atoms with E-state index in [4.69, 9.17) is 9.72 Å². The van der Waals surface area contributed by atoms with Crippen molar-refractivity contribution in [2.24, 2.45) is 0 Å². The molecule has 8 nitrogen and oxygen atoms in total. The van der Waals surface area contributed by atoms with Crippen LogP contribution in [0.25, 0.3) is 15.9 Å². The lowest BCUT2D eigenvalue weighted by Gasteiger charge is -2.22. The van der Waals surface area contributed by atoms with E-state index in [1.807, 2.05) is 54.3 Å². The molecule has 1 saturated heterocycles. The fraction of sp³-hybridized carbons (Fsp3) is 0.318. The summed E-state index contributed by atoms with van der Waals surface area (Å²) in [5.41, 5.74) is 1.75. The van der Waals surface area contributed by atoms with Crippen LogP contribution in [0.3, 0.4) is 0 Å². The van der Waals surface area contributed by atoms with E-state index >= 15 is 0 Å². The quantitative estimate of drug-likeness (QED) is 0.379. The van der Waals surface area contributed by atoms with Gasteiger partial charge in [0.2, 0.25) is 11.1 Å². The van der Waals surface area contributed by atoms with Gasteiger partial charge in [-0.05, 0) is 54.5 Å². The second-order valence-electron chi connectivity index (χ2n) is 7.33. The zero-order valence-electron chi connectivity index (χ0n) is 17.5. The van der Waals surface area contributed by atoms with Crippen LogP contribution in [0.5, 0.6) is 5.75 Å². The van der Waals surface area contributed by atoms with Gasteiger partial charge in [-0.15, -0.1) is 16.4 Å². The van der Waals surface area contributed by atoms with E-state index in [0.717, 1.165) is 40.3 Å². The number of rotatable bonds is 7. The summed E-state index contributed by atoms with van der Waals surface area (Å²) >= 11 is 3.01. The third-order valence-corrected chi connectivity index (χ3v) is 7.37. The van der Waals surface area contributed by atoms with Crippen molar-refractivity contribution in [1.29, 1.82) is 0 Å². The minimum absolute atomic E-state index is 0.0372. The number of amides is 1. The van der Waals surface area contributed by atoms with Crippen LogP contribution in [0.2, 0.25) is 0 Å². The molecule has 0 radical (unpaired) electrons. The monoisotopic (exact) mass is 466 g/mol. The summed E-state index contributed by atoms with van der Waals surface area (Å²) in [5, 5.41) is 13.6. The molecule has 2 aromatic carbocycles. The highest BCUT2D eigenvalue weighted by atomic mass is 32.2. The summed E-state index contributed by atoms with van der Waals surface area (Å²) in [4.78, 5) is 19.9. The van der Waals surface area contributed by atoms with Crippen LogP contribution in [0.1, 0.15) is 30.8 Å². The third kappa shape index (κ3) is 4.07. The summed E-state index contributed by atoms with van der Waals surface area (Å²) in [6.45, 7) is 3.23. The van der Waals surface area contributed by atoms with Crippen molar-refractivity contribution >= 4 is 39.2 Å². The van der Waals surface area contributed by atoms with Gasteiger partial charge < -0.3 is 9.64 Å². The maximum atomic E-state index is 13.1. The Kier molecular flexibility index (Phi) is 6.04. The Morgan fingerprint density at radius 3 is 2.94 bits per heavy atom. The van der Waals surface area contributed by atoms with Crippen LogP contribution in [0.15, 0.2) is 53.7 Å². The van der Waals surface area contributed by atoms with Crippen molar-refractivity contribution in [3.05, 3.63) is 53.5 Å². The molecule has 1 aliphatic heterocycles. The number of tetrazole rings is 1. The van der Waals surface area contributed by atoms with Gasteiger partial charge in [-0.25, -0.2) is 4.98 Å². The molecule has 0 bridgehead atoms. The van der Waals surface area contributed by atoms with Gasteiger partial charge in [0.15, 0.2) is 0 Å². The highest BCUT2D eigenvalue weighted by molar-refractivity contribution is 7.99. The highest BCUT2D eigenvalue weighted by Gasteiger charge is 2.32. The number of para-hydroxylation sites is 3. The minimum Gasteiger partial charge on any atom is -0.492 e. The van der Waals surface area contributed by atoms with E-state index in [-0.39, 0.29) is 17.7 Å². The van der Waals surface area contributed by atoms with Gasteiger partial charge in [0.1, 0.15) is 16.4 Å². The van der Waals surface area contributed by atoms with Gasteiger partial charge in [-0.3, -0.25) is 4.79 Å². The van der Waals surface area contributed by atoms with Crippen molar-refractivity contribution in [2.45, 2.75) is 31.0 Å². The number of carbonyl (C=O) groups is 1. The second kappa shape index (κ2) is 9.25. The molecule has 1 atom stereocenters. The van der Waals surface area contributed by atoms with Crippen molar-refractivity contribution < 1.29 is 9.53 Å². The lowest BCUT2D eigenvalue weighted by molar-refractivity contribution is -0.129. The molecule has 1 fully saturated rings. The van der Waals surface area contributed by atoms with Crippen LogP contribution in [0.4, 0.5) is 0 Å². The Bertz CT molecular complexity index is 1210. The van der Waals surface area contributed by atoms with Crippen LogP contribution < -0.4 is 4.74 Å². The van der Waals surface area contributed by atoms with Gasteiger partial charge >= 0.3 is 0 Å². The van der Waals surface area contributed by atoms with Gasteiger partial charge in [0.05, 0.1) is 28.6 Å². The smallest absolute Gasteiger partial charge is 0.233 e. The van der Waals surface area contributed by atoms with E-state index in [2.05, 4.69) is 21.6 Å². The number of nitrogens with zero attached hydrogens (tertiary/aromatic N) is 6. The Balaban J connectivity index is 1.31. The Hall–Kier alpha value is -2.98. The summed E-state index contributed by atoms with van der Waals surface area (Å²) in [6, 6.07) is 15.7. The van der Waals surface area contributed by atoms with Gasteiger partial charge in [-0.2, -0.15) is 4.68 Å². The zero-order chi connectivity index (χ0) is 21.9. The third-order valence-electron chi connectivity index (χ3n) is 5.33. The predicted molar refractivity (Wildman–Crippen MR) is 124 cm³/mol.